The zero-order valence-corrected chi connectivity index (χ0v) is 8.21. The molecule has 5 heteroatoms. The zero-order valence-electron chi connectivity index (χ0n) is 8.21. The number of urea groups is 1. The van der Waals surface area contributed by atoms with Crippen LogP contribution >= 0.6 is 0 Å². The van der Waals surface area contributed by atoms with E-state index < -0.39 is 6.03 Å². The summed E-state index contributed by atoms with van der Waals surface area (Å²) >= 11 is 0. The number of carbonyl (C=O) groups excluding carboxylic acids is 2. The molecule has 1 heterocycles. The summed E-state index contributed by atoms with van der Waals surface area (Å²) in [4.78, 5) is 29.1. The van der Waals surface area contributed by atoms with Gasteiger partial charge >= 0.3 is 6.03 Å². The second kappa shape index (κ2) is 3.70. The first-order valence-electron chi connectivity index (χ1n) is 4.47. The highest BCUT2D eigenvalue weighted by Crippen LogP contribution is 2.20. The van der Waals surface area contributed by atoms with Crippen LogP contribution in [0.25, 0.3) is 0 Å². The molecule has 1 fully saturated rings. The number of para-hydroxylation sites is 1. The fraction of sp³-hybridized carbons (Fsp3) is 0.200. The van der Waals surface area contributed by atoms with Gasteiger partial charge in [-0.3, -0.25) is 9.63 Å². The molecule has 0 N–H and O–H groups in total. The molecule has 0 unspecified atom stereocenters. The number of hydroxylamine groups is 2. The zero-order chi connectivity index (χ0) is 10.8. The molecule has 2 rings (SSSR count). The molecule has 1 saturated heterocycles. The third-order valence-corrected chi connectivity index (χ3v) is 2.17. The topological polar surface area (TPSA) is 49.9 Å². The maximum absolute atomic E-state index is 11.7. The minimum Gasteiger partial charge on any atom is -0.272 e. The van der Waals surface area contributed by atoms with Crippen LogP contribution in [0.2, 0.25) is 0 Å². The highest BCUT2D eigenvalue weighted by molar-refractivity contribution is 6.19. The van der Waals surface area contributed by atoms with Gasteiger partial charge in [-0.25, -0.2) is 9.69 Å². The second-order valence-corrected chi connectivity index (χ2v) is 3.07. The molecule has 0 radical (unpaired) electrons. The third-order valence-electron chi connectivity index (χ3n) is 2.17. The van der Waals surface area contributed by atoms with Crippen molar-refractivity contribution in [3.63, 3.8) is 0 Å². The van der Waals surface area contributed by atoms with Crippen LogP contribution in [0.5, 0.6) is 0 Å². The van der Waals surface area contributed by atoms with Crippen LogP contribution in [-0.2, 0) is 9.63 Å². The highest BCUT2D eigenvalue weighted by Gasteiger charge is 2.37. The lowest BCUT2D eigenvalue weighted by Crippen LogP contribution is -2.32. The van der Waals surface area contributed by atoms with Crippen molar-refractivity contribution in [2.45, 2.75) is 0 Å². The van der Waals surface area contributed by atoms with E-state index in [0.717, 1.165) is 9.96 Å². The van der Waals surface area contributed by atoms with Crippen molar-refractivity contribution in [2.24, 2.45) is 0 Å². The van der Waals surface area contributed by atoms with E-state index in [1.807, 2.05) is 6.07 Å². The van der Waals surface area contributed by atoms with Gasteiger partial charge in [0.2, 0.25) is 0 Å². The van der Waals surface area contributed by atoms with E-state index in [-0.39, 0.29) is 12.5 Å². The van der Waals surface area contributed by atoms with Gasteiger partial charge in [0.15, 0.2) is 0 Å². The van der Waals surface area contributed by atoms with Gasteiger partial charge in [0.1, 0.15) is 6.54 Å². The quantitative estimate of drug-likeness (QED) is 0.679. The summed E-state index contributed by atoms with van der Waals surface area (Å²) in [6, 6.07) is 8.32. The summed E-state index contributed by atoms with van der Waals surface area (Å²) in [5.74, 6) is -0.284. The minimum absolute atomic E-state index is 0.0375. The first kappa shape index (κ1) is 9.67. The second-order valence-electron chi connectivity index (χ2n) is 3.07. The average molecular weight is 206 g/mol. The van der Waals surface area contributed by atoms with Crippen molar-refractivity contribution >= 4 is 17.6 Å². The van der Waals surface area contributed by atoms with Crippen LogP contribution in [0.4, 0.5) is 10.5 Å². The third kappa shape index (κ3) is 1.57. The van der Waals surface area contributed by atoms with E-state index in [9.17, 15) is 9.59 Å². The number of carbonyl (C=O) groups is 2. The van der Waals surface area contributed by atoms with Gasteiger partial charge in [-0.15, -0.1) is 0 Å². The summed E-state index contributed by atoms with van der Waals surface area (Å²) in [5, 5.41) is 1.02. The Bertz CT molecular complexity index is 391. The molecule has 78 valence electrons. The van der Waals surface area contributed by atoms with Crippen molar-refractivity contribution < 1.29 is 14.4 Å². The van der Waals surface area contributed by atoms with E-state index >= 15 is 0 Å². The maximum atomic E-state index is 11.7. The standard InChI is InChI=1S/C10H10N2O3/c1-15-11-7-9(13)12(10(11)14)8-5-3-2-4-6-8/h2-6H,7H2,1H3. The Kier molecular flexibility index (Phi) is 2.39. The average Bonchev–Trinajstić information content (AvgIpc) is 2.55. The molecule has 1 aliphatic heterocycles. The Morgan fingerprint density at radius 1 is 1.20 bits per heavy atom. The molecule has 0 spiro atoms. The van der Waals surface area contributed by atoms with Crippen molar-refractivity contribution in [3.8, 4) is 0 Å². The molecule has 0 saturated carbocycles. The van der Waals surface area contributed by atoms with Gasteiger partial charge in [0.05, 0.1) is 12.8 Å². The molecular weight excluding hydrogens is 196 g/mol. The molecule has 15 heavy (non-hydrogen) atoms. The van der Waals surface area contributed by atoms with Crippen LogP contribution in [0.1, 0.15) is 0 Å². The molecule has 1 aromatic rings. The van der Waals surface area contributed by atoms with Crippen LogP contribution in [0.15, 0.2) is 30.3 Å². The van der Waals surface area contributed by atoms with E-state index in [1.165, 1.54) is 7.11 Å². The predicted octanol–water partition coefficient (Wildman–Crippen LogP) is 1.02. The monoisotopic (exact) mass is 206 g/mol. The number of anilines is 1. The summed E-state index contributed by atoms with van der Waals surface area (Å²) in [6.07, 6.45) is 0. The Morgan fingerprint density at radius 2 is 1.87 bits per heavy atom. The summed E-state index contributed by atoms with van der Waals surface area (Å²) < 4.78 is 0. The number of hydrogen-bond acceptors (Lipinski definition) is 3. The normalized spacial score (nSPS) is 16.3. The number of hydrogen-bond donors (Lipinski definition) is 0. The van der Waals surface area contributed by atoms with Gasteiger partial charge in [-0.1, -0.05) is 18.2 Å². The van der Waals surface area contributed by atoms with Gasteiger partial charge in [0, 0.05) is 0 Å². The highest BCUT2D eigenvalue weighted by atomic mass is 16.7. The molecule has 5 nitrogen and oxygen atoms in total. The summed E-state index contributed by atoms with van der Waals surface area (Å²) in [5.41, 5.74) is 0.562. The molecular formula is C10H10N2O3. The van der Waals surface area contributed by atoms with E-state index in [4.69, 9.17) is 4.84 Å². The summed E-state index contributed by atoms with van der Waals surface area (Å²) in [7, 11) is 1.36. The molecule has 3 amide bonds. The number of nitrogens with zero attached hydrogens (tertiary/aromatic N) is 2. The molecule has 1 aromatic carbocycles. The Balaban J connectivity index is 2.31. The fourth-order valence-electron chi connectivity index (χ4n) is 1.45. The van der Waals surface area contributed by atoms with Crippen molar-refractivity contribution in [1.82, 2.24) is 5.06 Å². The maximum Gasteiger partial charge on any atom is 0.355 e. The Hall–Kier alpha value is -1.88. The molecule has 1 aliphatic rings. The predicted molar refractivity (Wildman–Crippen MR) is 53.0 cm³/mol. The fourth-order valence-corrected chi connectivity index (χ4v) is 1.45. The van der Waals surface area contributed by atoms with E-state index in [1.54, 1.807) is 24.3 Å². The first-order valence-corrected chi connectivity index (χ1v) is 4.47. The van der Waals surface area contributed by atoms with Gasteiger partial charge in [-0.2, -0.15) is 5.06 Å². The molecule has 0 bridgehead atoms. The molecule has 0 aliphatic carbocycles. The largest absolute Gasteiger partial charge is 0.355 e. The number of amides is 3. The van der Waals surface area contributed by atoms with Crippen molar-refractivity contribution in [3.05, 3.63) is 30.3 Å². The Morgan fingerprint density at radius 3 is 2.40 bits per heavy atom. The lowest BCUT2D eigenvalue weighted by Gasteiger charge is -2.14. The van der Waals surface area contributed by atoms with Crippen LogP contribution in [-0.4, -0.2) is 30.7 Å². The number of benzene rings is 1. The smallest absolute Gasteiger partial charge is 0.272 e. The molecule has 0 aromatic heterocycles. The lowest BCUT2D eigenvalue weighted by atomic mass is 10.3. The van der Waals surface area contributed by atoms with Gasteiger partial charge < -0.3 is 0 Å². The number of rotatable bonds is 2. The molecule has 0 atom stereocenters. The van der Waals surface area contributed by atoms with Gasteiger partial charge in [0.25, 0.3) is 5.91 Å². The van der Waals surface area contributed by atoms with Crippen molar-refractivity contribution in [1.29, 1.82) is 0 Å². The first-order chi connectivity index (χ1) is 7.24. The van der Waals surface area contributed by atoms with Crippen LogP contribution in [0, 0.1) is 0 Å². The van der Waals surface area contributed by atoms with Gasteiger partial charge in [-0.05, 0) is 12.1 Å². The number of imide groups is 1. The van der Waals surface area contributed by atoms with Crippen molar-refractivity contribution in [2.75, 3.05) is 18.6 Å². The van der Waals surface area contributed by atoms with Crippen LogP contribution in [0.3, 0.4) is 0 Å². The Labute approximate surface area is 86.8 Å². The van der Waals surface area contributed by atoms with E-state index in [0.29, 0.717) is 5.69 Å². The SMILES string of the molecule is CON1CC(=O)N(c2ccccc2)C1=O. The summed E-state index contributed by atoms with van der Waals surface area (Å²) in [6.45, 7) is -0.0375. The van der Waals surface area contributed by atoms with Crippen LogP contribution < -0.4 is 4.90 Å². The minimum atomic E-state index is -0.450. The lowest BCUT2D eigenvalue weighted by molar-refractivity contribution is -0.123. The van der Waals surface area contributed by atoms with E-state index in [2.05, 4.69) is 0 Å².